The van der Waals surface area contributed by atoms with Crippen LogP contribution in [0, 0.1) is 19.8 Å². The number of aryl methyl sites for hydroxylation is 2. The van der Waals surface area contributed by atoms with Gasteiger partial charge in [-0.3, -0.25) is 4.79 Å². The summed E-state index contributed by atoms with van der Waals surface area (Å²) in [6.45, 7) is 12.2. The number of carbonyl (C=O) groups is 1. The third kappa shape index (κ3) is 8.12. The van der Waals surface area contributed by atoms with E-state index in [4.69, 9.17) is 18.9 Å². The van der Waals surface area contributed by atoms with Crippen molar-refractivity contribution in [3.63, 3.8) is 0 Å². The average Bonchev–Trinajstić information content (AvgIpc) is 3.44. The van der Waals surface area contributed by atoms with E-state index in [1.54, 1.807) is 26.4 Å². The summed E-state index contributed by atoms with van der Waals surface area (Å²) < 4.78 is 23.0. The van der Waals surface area contributed by atoms with Crippen molar-refractivity contribution >= 4 is 5.91 Å². The first kappa shape index (κ1) is 31.5. The van der Waals surface area contributed by atoms with E-state index in [0.29, 0.717) is 43.4 Å². The second-order valence-corrected chi connectivity index (χ2v) is 11.4. The van der Waals surface area contributed by atoms with Crippen LogP contribution in [0.4, 0.5) is 0 Å². The highest BCUT2D eigenvalue weighted by atomic mass is 16.5. The topological polar surface area (TPSA) is 69.3 Å². The lowest BCUT2D eigenvalue weighted by Gasteiger charge is -2.31. The van der Waals surface area contributed by atoms with E-state index in [-0.39, 0.29) is 24.0 Å². The van der Waals surface area contributed by atoms with Crippen molar-refractivity contribution in [2.24, 2.45) is 5.92 Å². The Morgan fingerprint density at radius 3 is 2.57 bits per heavy atom. The Balaban J connectivity index is 1.42. The third-order valence-corrected chi connectivity index (χ3v) is 7.85. The molecule has 0 bridgehead atoms. The van der Waals surface area contributed by atoms with E-state index in [9.17, 15) is 4.79 Å². The molecule has 2 atom stereocenters. The number of hydrogen-bond acceptors (Lipinski definition) is 6. The monoisotopic (exact) mass is 574 g/mol. The second-order valence-electron chi connectivity index (χ2n) is 11.4. The van der Waals surface area contributed by atoms with Crippen LogP contribution in [0.2, 0.25) is 0 Å². The average molecular weight is 575 g/mol. The molecule has 1 fully saturated rings. The first-order chi connectivity index (χ1) is 20.3. The SMILES string of the molecule is COCCCOc1cc(C(=O)N(CC2CNCC2OCc2cccc(-c3cc(C)ccc3C)c2)C(C)C)ccc1OC. The molecule has 0 spiro atoms. The summed E-state index contributed by atoms with van der Waals surface area (Å²) in [7, 11) is 3.27. The minimum absolute atomic E-state index is 0.0129. The molecule has 4 rings (SSSR count). The van der Waals surface area contributed by atoms with Gasteiger partial charge in [0.05, 0.1) is 26.4 Å². The fourth-order valence-electron chi connectivity index (χ4n) is 5.42. The number of nitrogens with zero attached hydrogens (tertiary/aromatic N) is 1. The van der Waals surface area contributed by atoms with Gasteiger partial charge in [0.2, 0.25) is 0 Å². The lowest BCUT2D eigenvalue weighted by molar-refractivity contribution is 0.0129. The highest BCUT2D eigenvalue weighted by molar-refractivity contribution is 5.95. The Morgan fingerprint density at radius 2 is 1.81 bits per heavy atom. The van der Waals surface area contributed by atoms with Gasteiger partial charge in [-0.15, -0.1) is 0 Å². The van der Waals surface area contributed by atoms with Crippen molar-refractivity contribution in [2.75, 3.05) is 47.1 Å². The van der Waals surface area contributed by atoms with E-state index in [1.165, 1.54) is 22.3 Å². The van der Waals surface area contributed by atoms with Gasteiger partial charge in [-0.2, -0.15) is 0 Å². The van der Waals surface area contributed by atoms with Gasteiger partial charge >= 0.3 is 0 Å². The minimum Gasteiger partial charge on any atom is -0.493 e. The van der Waals surface area contributed by atoms with Gasteiger partial charge in [0.15, 0.2) is 11.5 Å². The van der Waals surface area contributed by atoms with Gasteiger partial charge in [-0.05, 0) is 74.2 Å². The molecule has 226 valence electrons. The van der Waals surface area contributed by atoms with Gasteiger partial charge in [-0.1, -0.05) is 42.0 Å². The van der Waals surface area contributed by atoms with Crippen LogP contribution in [0.5, 0.6) is 11.5 Å². The van der Waals surface area contributed by atoms with Crippen molar-refractivity contribution in [3.05, 3.63) is 82.9 Å². The molecule has 1 saturated heterocycles. The molecule has 0 saturated carbocycles. The fraction of sp³-hybridized carbons (Fsp3) is 0.457. The zero-order valence-electron chi connectivity index (χ0n) is 25.9. The molecular formula is C35H46N2O5. The normalized spacial score (nSPS) is 16.5. The summed E-state index contributed by atoms with van der Waals surface area (Å²) in [6, 6.07) is 20.6. The van der Waals surface area contributed by atoms with Crippen LogP contribution in [0.25, 0.3) is 11.1 Å². The Hall–Kier alpha value is -3.39. The predicted molar refractivity (Wildman–Crippen MR) is 167 cm³/mol. The number of benzene rings is 3. The maximum absolute atomic E-state index is 13.8. The first-order valence-electron chi connectivity index (χ1n) is 14.9. The second kappa shape index (κ2) is 15.2. The van der Waals surface area contributed by atoms with Gasteiger partial charge in [0.25, 0.3) is 5.91 Å². The van der Waals surface area contributed by atoms with Crippen molar-refractivity contribution in [1.82, 2.24) is 10.2 Å². The molecule has 0 aliphatic carbocycles. The van der Waals surface area contributed by atoms with E-state index in [2.05, 4.69) is 75.5 Å². The lowest BCUT2D eigenvalue weighted by Crippen LogP contribution is -2.43. The van der Waals surface area contributed by atoms with E-state index < -0.39 is 0 Å². The number of methoxy groups -OCH3 is 2. The molecule has 1 aliphatic heterocycles. The summed E-state index contributed by atoms with van der Waals surface area (Å²) in [4.78, 5) is 15.7. The molecule has 0 aromatic heterocycles. The quantitative estimate of drug-likeness (QED) is 0.237. The predicted octanol–water partition coefficient (Wildman–Crippen LogP) is 6.05. The highest BCUT2D eigenvalue weighted by Crippen LogP contribution is 2.30. The number of amides is 1. The molecule has 42 heavy (non-hydrogen) atoms. The van der Waals surface area contributed by atoms with Crippen molar-refractivity contribution < 1.29 is 23.7 Å². The summed E-state index contributed by atoms with van der Waals surface area (Å²) in [5.41, 5.74) is 6.70. The molecule has 3 aromatic rings. The number of rotatable bonds is 14. The molecule has 1 N–H and O–H groups in total. The van der Waals surface area contributed by atoms with Gasteiger partial charge < -0.3 is 29.2 Å². The van der Waals surface area contributed by atoms with Crippen LogP contribution in [0.15, 0.2) is 60.7 Å². The Bertz CT molecular complexity index is 1320. The molecule has 7 heteroatoms. The molecule has 1 heterocycles. The highest BCUT2D eigenvalue weighted by Gasteiger charge is 2.32. The Labute approximate surface area is 251 Å². The standard InChI is InChI=1S/C35H46N2O5/c1-24(2)37(35(38)29-13-14-32(40-6)33(19-29)41-16-8-15-39-5)22-30-20-36-21-34(30)42-23-27-9-7-10-28(18-27)31-17-25(3)11-12-26(31)4/h7,9-14,17-19,24,30,34,36H,8,15-16,20-23H2,1-6H3. The van der Waals surface area contributed by atoms with E-state index >= 15 is 0 Å². The minimum atomic E-state index is -0.0266. The van der Waals surface area contributed by atoms with Crippen LogP contribution in [0.1, 0.15) is 47.3 Å². The first-order valence-corrected chi connectivity index (χ1v) is 14.9. The largest absolute Gasteiger partial charge is 0.493 e. The lowest BCUT2D eigenvalue weighted by atomic mass is 9.97. The molecule has 3 aromatic carbocycles. The molecular weight excluding hydrogens is 528 g/mol. The van der Waals surface area contributed by atoms with Crippen LogP contribution in [-0.4, -0.2) is 70.0 Å². The summed E-state index contributed by atoms with van der Waals surface area (Å²) in [5, 5.41) is 3.48. The van der Waals surface area contributed by atoms with Gasteiger partial charge in [0.1, 0.15) is 0 Å². The van der Waals surface area contributed by atoms with Gasteiger partial charge in [-0.25, -0.2) is 0 Å². The maximum Gasteiger partial charge on any atom is 0.254 e. The molecule has 2 unspecified atom stereocenters. The van der Waals surface area contributed by atoms with E-state index in [1.807, 2.05) is 11.0 Å². The van der Waals surface area contributed by atoms with Crippen molar-refractivity contribution in [3.8, 4) is 22.6 Å². The molecule has 1 amide bonds. The smallest absolute Gasteiger partial charge is 0.254 e. The van der Waals surface area contributed by atoms with Crippen molar-refractivity contribution in [1.29, 1.82) is 0 Å². The van der Waals surface area contributed by atoms with Crippen LogP contribution in [-0.2, 0) is 16.1 Å². The fourth-order valence-corrected chi connectivity index (χ4v) is 5.42. The summed E-state index contributed by atoms with van der Waals surface area (Å²) in [6.07, 6.45) is 0.765. The number of hydrogen-bond donors (Lipinski definition) is 1. The zero-order chi connectivity index (χ0) is 30.1. The van der Waals surface area contributed by atoms with Crippen LogP contribution >= 0.6 is 0 Å². The summed E-state index contributed by atoms with van der Waals surface area (Å²) in [5.74, 6) is 1.33. The Morgan fingerprint density at radius 1 is 0.976 bits per heavy atom. The summed E-state index contributed by atoms with van der Waals surface area (Å²) >= 11 is 0. The maximum atomic E-state index is 13.8. The Kier molecular flexibility index (Phi) is 11.4. The van der Waals surface area contributed by atoms with Crippen LogP contribution < -0.4 is 14.8 Å². The molecule has 1 aliphatic rings. The third-order valence-electron chi connectivity index (χ3n) is 7.85. The van der Waals surface area contributed by atoms with E-state index in [0.717, 1.165) is 25.1 Å². The van der Waals surface area contributed by atoms with Gasteiger partial charge in [0, 0.05) is 57.3 Å². The van der Waals surface area contributed by atoms with Crippen LogP contribution in [0.3, 0.4) is 0 Å². The molecule has 7 nitrogen and oxygen atoms in total. The van der Waals surface area contributed by atoms with Crippen molar-refractivity contribution in [2.45, 2.75) is 52.9 Å². The number of ether oxygens (including phenoxy) is 4. The number of nitrogens with one attached hydrogen (secondary N) is 1. The zero-order valence-corrected chi connectivity index (χ0v) is 25.9. The number of carbonyl (C=O) groups excluding carboxylic acids is 1. The molecule has 0 radical (unpaired) electrons.